The van der Waals surface area contributed by atoms with Crippen molar-refractivity contribution in [3.63, 3.8) is 0 Å². The molecule has 2 aliphatic heterocycles. The van der Waals surface area contributed by atoms with E-state index in [1.165, 1.54) is 11.8 Å². The van der Waals surface area contributed by atoms with Gasteiger partial charge in [0.25, 0.3) is 5.91 Å². The van der Waals surface area contributed by atoms with E-state index in [1.807, 2.05) is 72.4 Å². The van der Waals surface area contributed by atoms with Crippen LogP contribution in [0.5, 0.6) is 5.75 Å². The van der Waals surface area contributed by atoms with Gasteiger partial charge in [0.1, 0.15) is 15.8 Å². The largest absolute Gasteiger partial charge is 0.497 e. The van der Waals surface area contributed by atoms with Crippen LogP contribution in [0.4, 0.5) is 0 Å². The number of hydrogen-bond acceptors (Lipinski definition) is 6. The number of thiocarbonyl (C=S) groups is 1. The molecule has 6 nitrogen and oxygen atoms in total. The SMILES string of the molecule is COc1ccc(-c2nn(-c3ccccc3)cc2/C=C2\SC(=S)N(CC3CCCO3)C2=O)c(C)c1. The van der Waals surface area contributed by atoms with Crippen LogP contribution in [0.1, 0.15) is 24.0 Å². The predicted molar refractivity (Wildman–Crippen MR) is 139 cm³/mol. The normalized spacial score (nSPS) is 19.4. The Morgan fingerprint density at radius 3 is 2.79 bits per heavy atom. The van der Waals surface area contributed by atoms with Crippen LogP contribution >= 0.6 is 24.0 Å². The Labute approximate surface area is 208 Å². The average molecular weight is 492 g/mol. The molecule has 2 aliphatic rings. The van der Waals surface area contributed by atoms with Gasteiger partial charge in [0.15, 0.2) is 0 Å². The summed E-state index contributed by atoms with van der Waals surface area (Å²) in [5.74, 6) is 0.718. The predicted octanol–water partition coefficient (Wildman–Crippen LogP) is 5.24. The zero-order valence-corrected chi connectivity index (χ0v) is 20.7. The fraction of sp³-hybridized carbons (Fsp3) is 0.269. The fourth-order valence-corrected chi connectivity index (χ4v) is 5.50. The van der Waals surface area contributed by atoms with E-state index >= 15 is 0 Å². The Balaban J connectivity index is 1.54. The highest BCUT2D eigenvalue weighted by Crippen LogP contribution is 2.36. The van der Waals surface area contributed by atoms with Crippen molar-refractivity contribution >= 4 is 40.3 Å². The van der Waals surface area contributed by atoms with E-state index in [4.69, 9.17) is 26.8 Å². The van der Waals surface area contributed by atoms with Crippen LogP contribution in [0.25, 0.3) is 23.0 Å². The zero-order valence-electron chi connectivity index (χ0n) is 19.1. The first-order chi connectivity index (χ1) is 16.5. The van der Waals surface area contributed by atoms with Crippen molar-refractivity contribution in [1.29, 1.82) is 0 Å². The molecule has 2 saturated heterocycles. The first-order valence-electron chi connectivity index (χ1n) is 11.2. The average Bonchev–Trinajstić information content (AvgIpc) is 3.57. The molecule has 8 heteroatoms. The highest BCUT2D eigenvalue weighted by Gasteiger charge is 2.35. The van der Waals surface area contributed by atoms with E-state index in [2.05, 4.69) is 0 Å². The molecule has 1 unspecified atom stereocenters. The molecule has 3 aromatic rings. The number of methoxy groups -OCH3 is 1. The minimum absolute atomic E-state index is 0.0557. The molecule has 0 radical (unpaired) electrons. The van der Waals surface area contributed by atoms with E-state index in [9.17, 15) is 4.79 Å². The lowest BCUT2D eigenvalue weighted by Crippen LogP contribution is -2.35. The van der Waals surface area contributed by atoms with Gasteiger partial charge in [0.2, 0.25) is 0 Å². The molecule has 34 heavy (non-hydrogen) atoms. The molecular formula is C26H25N3O3S2. The first-order valence-corrected chi connectivity index (χ1v) is 12.4. The van der Waals surface area contributed by atoms with Gasteiger partial charge in [-0.2, -0.15) is 5.10 Å². The number of rotatable bonds is 6. The summed E-state index contributed by atoms with van der Waals surface area (Å²) in [4.78, 5) is 15.5. The van der Waals surface area contributed by atoms with Gasteiger partial charge in [-0.1, -0.05) is 42.2 Å². The van der Waals surface area contributed by atoms with Gasteiger partial charge in [-0.05, 0) is 61.7 Å². The van der Waals surface area contributed by atoms with Gasteiger partial charge in [-0.3, -0.25) is 9.69 Å². The summed E-state index contributed by atoms with van der Waals surface area (Å²) in [6.45, 7) is 3.29. The van der Waals surface area contributed by atoms with E-state index in [0.29, 0.717) is 15.8 Å². The highest BCUT2D eigenvalue weighted by atomic mass is 32.2. The maximum atomic E-state index is 13.2. The van der Waals surface area contributed by atoms with Crippen molar-refractivity contribution in [2.45, 2.75) is 25.9 Å². The molecule has 2 fully saturated rings. The highest BCUT2D eigenvalue weighted by molar-refractivity contribution is 8.26. The summed E-state index contributed by atoms with van der Waals surface area (Å²) in [5.41, 5.74) is 4.62. The number of carbonyl (C=O) groups is 1. The minimum Gasteiger partial charge on any atom is -0.497 e. The van der Waals surface area contributed by atoms with Gasteiger partial charge in [-0.25, -0.2) is 4.68 Å². The van der Waals surface area contributed by atoms with Crippen LogP contribution in [-0.4, -0.2) is 51.3 Å². The van der Waals surface area contributed by atoms with E-state index in [0.717, 1.165) is 53.3 Å². The van der Waals surface area contributed by atoms with E-state index < -0.39 is 0 Å². The molecule has 174 valence electrons. The molecule has 0 saturated carbocycles. The minimum atomic E-state index is -0.0737. The maximum absolute atomic E-state index is 13.2. The number of para-hydroxylation sites is 1. The first kappa shape index (κ1) is 22.8. The number of thioether (sulfide) groups is 1. The summed E-state index contributed by atoms with van der Waals surface area (Å²) in [6.07, 6.45) is 5.90. The van der Waals surface area contributed by atoms with Crippen molar-refractivity contribution in [2.24, 2.45) is 0 Å². The molecule has 1 aromatic heterocycles. The third-order valence-corrected chi connectivity index (χ3v) is 7.40. The Morgan fingerprint density at radius 1 is 1.26 bits per heavy atom. The summed E-state index contributed by atoms with van der Waals surface area (Å²) in [5, 5.41) is 4.90. The molecule has 0 aliphatic carbocycles. The number of benzene rings is 2. The van der Waals surface area contributed by atoms with Crippen LogP contribution in [0.3, 0.4) is 0 Å². The summed E-state index contributed by atoms with van der Waals surface area (Å²) in [7, 11) is 1.66. The Hall–Kier alpha value is -2.94. The van der Waals surface area contributed by atoms with Gasteiger partial charge < -0.3 is 9.47 Å². The molecule has 0 N–H and O–H groups in total. The molecule has 3 heterocycles. The Kier molecular flexibility index (Phi) is 6.54. The summed E-state index contributed by atoms with van der Waals surface area (Å²) >= 11 is 6.87. The number of aromatic nitrogens is 2. The lowest BCUT2D eigenvalue weighted by Gasteiger charge is -2.18. The van der Waals surface area contributed by atoms with Gasteiger partial charge >= 0.3 is 0 Å². The van der Waals surface area contributed by atoms with E-state index in [-0.39, 0.29) is 12.0 Å². The number of amides is 1. The van der Waals surface area contributed by atoms with Crippen molar-refractivity contribution in [3.8, 4) is 22.7 Å². The number of carbonyl (C=O) groups excluding carboxylic acids is 1. The summed E-state index contributed by atoms with van der Waals surface area (Å²) < 4.78 is 13.5. The zero-order chi connectivity index (χ0) is 23.7. The maximum Gasteiger partial charge on any atom is 0.266 e. The monoisotopic (exact) mass is 491 g/mol. The third-order valence-electron chi connectivity index (χ3n) is 6.02. The van der Waals surface area contributed by atoms with Crippen LogP contribution in [0, 0.1) is 6.92 Å². The van der Waals surface area contributed by atoms with Crippen LogP contribution < -0.4 is 4.74 Å². The van der Waals surface area contributed by atoms with Crippen LogP contribution in [0.2, 0.25) is 0 Å². The quantitative estimate of drug-likeness (QED) is 0.347. The number of aryl methyl sites for hydroxylation is 1. The van der Waals surface area contributed by atoms with E-state index in [1.54, 1.807) is 12.0 Å². The smallest absolute Gasteiger partial charge is 0.266 e. The Morgan fingerprint density at radius 2 is 2.09 bits per heavy atom. The summed E-state index contributed by atoms with van der Waals surface area (Å²) in [6, 6.07) is 15.9. The molecule has 0 spiro atoms. The van der Waals surface area contributed by atoms with Crippen LogP contribution in [0.15, 0.2) is 59.6 Å². The van der Waals surface area contributed by atoms with Gasteiger partial charge in [-0.15, -0.1) is 0 Å². The van der Waals surface area contributed by atoms with Crippen molar-refractivity contribution in [1.82, 2.24) is 14.7 Å². The lowest BCUT2D eigenvalue weighted by molar-refractivity contribution is -0.123. The second-order valence-corrected chi connectivity index (χ2v) is 10.00. The van der Waals surface area contributed by atoms with Crippen molar-refractivity contribution in [2.75, 3.05) is 20.3 Å². The second-order valence-electron chi connectivity index (χ2n) is 8.32. The number of ether oxygens (including phenoxy) is 2. The topological polar surface area (TPSA) is 56.6 Å². The standard InChI is InChI=1S/C26H25N3O3S2/c1-17-13-20(31-2)10-11-22(17)24-18(15-29(27-24)19-7-4-3-5-8-19)14-23-25(30)28(26(33)34-23)16-21-9-6-12-32-21/h3-5,7-8,10-11,13-15,21H,6,9,12,16H2,1-2H3/b23-14-. The van der Waals surface area contributed by atoms with Crippen LogP contribution in [-0.2, 0) is 9.53 Å². The number of nitrogens with zero attached hydrogens (tertiary/aromatic N) is 3. The second kappa shape index (κ2) is 9.74. The molecule has 2 aromatic carbocycles. The molecule has 1 atom stereocenters. The molecule has 1 amide bonds. The van der Waals surface area contributed by atoms with Crippen molar-refractivity contribution in [3.05, 3.63) is 70.8 Å². The van der Waals surface area contributed by atoms with Gasteiger partial charge in [0, 0.05) is 23.9 Å². The van der Waals surface area contributed by atoms with Crippen molar-refractivity contribution < 1.29 is 14.3 Å². The molecular weight excluding hydrogens is 466 g/mol. The molecule has 0 bridgehead atoms. The number of hydrogen-bond donors (Lipinski definition) is 0. The molecule has 5 rings (SSSR count). The van der Waals surface area contributed by atoms with Gasteiger partial charge in [0.05, 0.1) is 30.4 Å². The lowest BCUT2D eigenvalue weighted by atomic mass is 10.0. The fourth-order valence-electron chi connectivity index (χ4n) is 4.23. The third kappa shape index (κ3) is 4.53. The Bertz CT molecular complexity index is 1260.